The van der Waals surface area contributed by atoms with Gasteiger partial charge in [0.1, 0.15) is 42.4 Å². The summed E-state index contributed by atoms with van der Waals surface area (Å²) in [6, 6.07) is -0.998. The van der Waals surface area contributed by atoms with Crippen LogP contribution in [0.3, 0.4) is 0 Å². The van der Waals surface area contributed by atoms with Crippen LogP contribution in [0.25, 0.3) is 0 Å². The first-order chi connectivity index (χ1) is 31.6. The van der Waals surface area contributed by atoms with Gasteiger partial charge in [-0.25, -0.2) is 0 Å². The third kappa shape index (κ3) is 16.3. The molecule has 4 aliphatic heterocycles. The number of aldehydes is 1. The maximum absolute atomic E-state index is 13.5. The number of hydrogen-bond acceptors (Lipinski definition) is 19. The quantitative estimate of drug-likeness (QED) is 0.105. The number of esters is 3. The third-order valence-electron chi connectivity index (χ3n) is 13.0. The minimum atomic E-state index is -1.78. The predicted octanol–water partition coefficient (Wildman–Crippen LogP) is 3.21. The number of aliphatic hydroxyl groups is 3. The van der Waals surface area contributed by atoms with E-state index in [0.29, 0.717) is 12.8 Å². The molecular weight excluding hydrogens is 877 g/mol. The number of rotatable bonds is 15. The topological polar surface area (TPSA) is 251 Å². The molecule has 0 amide bonds. The lowest BCUT2D eigenvalue weighted by molar-refractivity contribution is -0.359. The molecule has 0 spiro atoms. The maximum Gasteiger partial charge on any atom is 0.309 e. The van der Waals surface area contributed by atoms with E-state index in [2.05, 4.69) is 4.90 Å². The highest BCUT2D eigenvalue weighted by Gasteiger charge is 2.52. The van der Waals surface area contributed by atoms with E-state index in [1.54, 1.807) is 20.8 Å². The summed E-state index contributed by atoms with van der Waals surface area (Å²) in [5, 5.41) is 34.0. The van der Waals surface area contributed by atoms with Gasteiger partial charge in [0.05, 0.1) is 36.9 Å². The van der Waals surface area contributed by atoms with Gasteiger partial charge in [-0.2, -0.15) is 0 Å². The summed E-state index contributed by atoms with van der Waals surface area (Å²) in [6.45, 7) is 14.0. The monoisotopic (exact) mass is 957 g/mol. The summed E-state index contributed by atoms with van der Waals surface area (Å²) in [6.07, 6.45) is -5.13. The first kappa shape index (κ1) is 56.7. The van der Waals surface area contributed by atoms with Crippen molar-refractivity contribution in [3.63, 3.8) is 0 Å². The Kier molecular flexibility index (Phi) is 22.3. The fourth-order valence-electron chi connectivity index (χ4n) is 9.33. The van der Waals surface area contributed by atoms with Crippen molar-refractivity contribution in [2.75, 3.05) is 21.2 Å². The van der Waals surface area contributed by atoms with Crippen LogP contribution >= 0.6 is 0 Å². The van der Waals surface area contributed by atoms with Gasteiger partial charge in [-0.15, -0.1) is 0 Å². The standard InChI is InChI=1S/C48H80N2O17/c1-12-35(52)62-34-24-37(54)59-28(5)16-14-13-15-17-33(63-38-19-18-32(50(9)10)29(6)60-38)27(4)23-31(20-21-51)43(44(34)58-11)67-47-41(55)40(49)42(30(7)61-47)65-39-25-48(8,57)45(46(56)66-39)64-36(53)22-26(2)3/h13-15,17,21,26-34,38-47,55-57H,12,16,18-20,22-25,49H2,1-11H3/b14-13+,17-15+/t27-,28-,29+,30+,31+,32-,33-,34-,38-,39-,40+,41+,42+,43+,44+,45+,46-,47-,48-/m1/s1. The van der Waals surface area contributed by atoms with Gasteiger partial charge in [-0.1, -0.05) is 52.0 Å². The third-order valence-corrected chi connectivity index (χ3v) is 13.0. The number of nitrogens with zero attached hydrogens (tertiary/aromatic N) is 1. The molecule has 19 atom stereocenters. The molecule has 0 aromatic heterocycles. The molecule has 4 aliphatic rings. The average molecular weight is 957 g/mol. The molecule has 0 unspecified atom stereocenters. The molecule has 19 heteroatoms. The minimum Gasteiger partial charge on any atom is -0.462 e. The zero-order chi connectivity index (χ0) is 49.7. The van der Waals surface area contributed by atoms with Gasteiger partial charge in [0, 0.05) is 45.3 Å². The first-order valence-electron chi connectivity index (χ1n) is 23.9. The second-order valence-corrected chi connectivity index (χ2v) is 19.5. The lowest BCUT2D eigenvalue weighted by Crippen LogP contribution is -2.65. The van der Waals surface area contributed by atoms with Crippen LogP contribution in [0.1, 0.15) is 113 Å². The van der Waals surface area contributed by atoms with Crippen LogP contribution in [-0.4, -0.2) is 170 Å². The molecule has 0 aromatic rings. The molecule has 3 saturated heterocycles. The van der Waals surface area contributed by atoms with Crippen molar-refractivity contribution in [1.29, 1.82) is 0 Å². The van der Waals surface area contributed by atoms with E-state index in [9.17, 15) is 34.5 Å². The molecular formula is C48H80N2O17. The van der Waals surface area contributed by atoms with E-state index in [4.69, 9.17) is 53.1 Å². The summed E-state index contributed by atoms with van der Waals surface area (Å²) in [5.41, 5.74) is 4.91. The molecule has 19 nitrogen and oxygen atoms in total. The van der Waals surface area contributed by atoms with Gasteiger partial charge in [0.2, 0.25) is 0 Å². The number of hydrogen-bond donors (Lipinski definition) is 4. The highest BCUT2D eigenvalue weighted by molar-refractivity contribution is 5.72. The number of cyclic esters (lactones) is 1. The van der Waals surface area contributed by atoms with E-state index in [-0.39, 0.29) is 56.1 Å². The number of methoxy groups -OCH3 is 1. The summed E-state index contributed by atoms with van der Waals surface area (Å²) < 4.78 is 61.0. The van der Waals surface area contributed by atoms with E-state index < -0.39 is 122 Å². The van der Waals surface area contributed by atoms with Gasteiger partial charge < -0.3 is 78.1 Å². The van der Waals surface area contributed by atoms with Crippen molar-refractivity contribution in [2.24, 2.45) is 23.5 Å². The van der Waals surface area contributed by atoms with Crippen LogP contribution in [0, 0.1) is 17.8 Å². The number of carbonyl (C=O) groups is 4. The predicted molar refractivity (Wildman–Crippen MR) is 241 cm³/mol. The van der Waals surface area contributed by atoms with Crippen LogP contribution in [-0.2, 0) is 66.5 Å². The SMILES string of the molecule is CCC(=O)O[C@@H]1CC(=O)O[C@H](C)C/C=C/C=C/[C@@H](O[C@@H]2CC[C@@H](N(C)C)[C@H](C)O2)[C@H](C)C[C@H](CC=O)[C@H](O[C@H]2O[C@@H](C)[C@H](O[C@H]3C[C@@](C)(O)[C@@H](OC(=O)CC(C)C)[C@H](O)O3)[C@@H](N)[C@@H]2O)[C@H]1OC. The average Bonchev–Trinajstić information content (AvgIpc) is 3.23. The highest BCUT2D eigenvalue weighted by Crippen LogP contribution is 2.37. The van der Waals surface area contributed by atoms with E-state index >= 15 is 0 Å². The fraction of sp³-hybridized carbons (Fsp3) is 0.833. The second kappa shape index (κ2) is 26.3. The van der Waals surface area contributed by atoms with Gasteiger partial charge in [0.15, 0.2) is 31.3 Å². The smallest absolute Gasteiger partial charge is 0.309 e. The molecule has 0 aliphatic carbocycles. The van der Waals surface area contributed by atoms with Crippen molar-refractivity contribution < 1.29 is 81.9 Å². The van der Waals surface area contributed by atoms with Crippen molar-refractivity contribution in [3.8, 4) is 0 Å². The van der Waals surface area contributed by atoms with Crippen LogP contribution in [0.2, 0.25) is 0 Å². The summed E-state index contributed by atoms with van der Waals surface area (Å²) in [4.78, 5) is 53.7. The maximum atomic E-state index is 13.5. The zero-order valence-electron chi connectivity index (χ0n) is 41.3. The Morgan fingerprint density at radius 3 is 2.28 bits per heavy atom. The van der Waals surface area contributed by atoms with E-state index in [1.165, 1.54) is 14.0 Å². The molecule has 0 aromatic carbocycles. The van der Waals surface area contributed by atoms with Gasteiger partial charge in [0.25, 0.3) is 0 Å². The Balaban J connectivity index is 1.66. The van der Waals surface area contributed by atoms with E-state index in [0.717, 1.165) is 12.7 Å². The van der Waals surface area contributed by atoms with Crippen LogP contribution < -0.4 is 5.73 Å². The number of nitrogens with two attached hydrogens (primary N) is 1. The lowest BCUT2D eigenvalue weighted by Gasteiger charge is -2.48. The Morgan fingerprint density at radius 2 is 1.67 bits per heavy atom. The first-order valence-corrected chi connectivity index (χ1v) is 23.9. The van der Waals surface area contributed by atoms with Crippen LogP contribution in [0.4, 0.5) is 0 Å². The van der Waals surface area contributed by atoms with Crippen molar-refractivity contribution in [2.45, 2.75) is 217 Å². The number of allylic oxidation sites excluding steroid dienone is 2. The molecule has 0 bridgehead atoms. The largest absolute Gasteiger partial charge is 0.462 e. The molecule has 3 fully saturated rings. The lowest BCUT2D eigenvalue weighted by atomic mass is 9.82. The Labute approximate surface area is 396 Å². The molecule has 67 heavy (non-hydrogen) atoms. The van der Waals surface area contributed by atoms with Crippen molar-refractivity contribution >= 4 is 24.2 Å². The molecule has 0 saturated carbocycles. The minimum absolute atomic E-state index is 0.0186. The molecule has 5 N–H and O–H groups in total. The molecule has 0 radical (unpaired) electrons. The van der Waals surface area contributed by atoms with Gasteiger partial charge in [-0.3, -0.25) is 14.4 Å². The molecule has 4 rings (SSSR count). The highest BCUT2D eigenvalue weighted by atomic mass is 16.8. The zero-order valence-corrected chi connectivity index (χ0v) is 41.3. The number of carbonyl (C=O) groups excluding carboxylic acids is 4. The number of ether oxygens (including phenoxy) is 10. The van der Waals surface area contributed by atoms with Crippen molar-refractivity contribution in [1.82, 2.24) is 4.90 Å². The molecule has 384 valence electrons. The number of likely N-dealkylation sites (N-methyl/N-ethyl adjacent to an activating group) is 1. The summed E-state index contributed by atoms with van der Waals surface area (Å²) in [7, 11) is 5.41. The second-order valence-electron chi connectivity index (χ2n) is 19.5. The van der Waals surface area contributed by atoms with Gasteiger partial charge >= 0.3 is 17.9 Å². The Bertz CT molecular complexity index is 1630. The van der Waals surface area contributed by atoms with E-state index in [1.807, 2.05) is 66.1 Å². The molecule has 4 heterocycles. The van der Waals surface area contributed by atoms with Crippen LogP contribution in [0.15, 0.2) is 24.3 Å². The summed E-state index contributed by atoms with van der Waals surface area (Å²) >= 11 is 0. The normalized spacial score (nSPS) is 41.5. The Morgan fingerprint density at radius 1 is 0.955 bits per heavy atom. The fourth-order valence-corrected chi connectivity index (χ4v) is 9.33. The summed E-state index contributed by atoms with van der Waals surface area (Å²) in [5.74, 6) is -2.94. The van der Waals surface area contributed by atoms with Crippen molar-refractivity contribution in [3.05, 3.63) is 24.3 Å². The Hall–Kier alpha value is -2.92. The van der Waals surface area contributed by atoms with Gasteiger partial charge in [-0.05, 0) is 78.8 Å². The van der Waals surface area contributed by atoms with Crippen LogP contribution in [0.5, 0.6) is 0 Å². The number of aliphatic hydroxyl groups excluding tert-OH is 2.